The average molecular weight is 313 g/mol. The van der Waals surface area contributed by atoms with Crippen molar-refractivity contribution in [1.82, 2.24) is 4.90 Å². The third-order valence-corrected chi connectivity index (χ3v) is 3.75. The Morgan fingerprint density at radius 2 is 1.65 bits per heavy atom. The Morgan fingerprint density at radius 1 is 0.957 bits per heavy atom. The third kappa shape index (κ3) is 4.49. The molecule has 2 aromatic rings. The second-order valence-electron chi connectivity index (χ2n) is 5.26. The van der Waals surface area contributed by atoms with E-state index in [9.17, 15) is 4.79 Å². The topological polar surface area (TPSA) is 38.8 Å². The van der Waals surface area contributed by atoms with Gasteiger partial charge in [-0.25, -0.2) is 0 Å². The minimum atomic E-state index is 0.101. The van der Waals surface area contributed by atoms with Crippen LogP contribution in [0.2, 0.25) is 0 Å². The van der Waals surface area contributed by atoms with Crippen molar-refractivity contribution < 1.29 is 14.3 Å². The molecule has 0 aliphatic heterocycles. The fourth-order valence-electron chi connectivity index (χ4n) is 2.46. The molecule has 0 saturated carbocycles. The summed E-state index contributed by atoms with van der Waals surface area (Å²) in [7, 11) is 3.19. The minimum absolute atomic E-state index is 0.101. The van der Waals surface area contributed by atoms with Crippen LogP contribution in [-0.4, -0.2) is 31.6 Å². The van der Waals surface area contributed by atoms with Crippen molar-refractivity contribution in [2.45, 2.75) is 19.9 Å². The van der Waals surface area contributed by atoms with Crippen molar-refractivity contribution in [3.8, 4) is 11.5 Å². The normalized spacial score (nSPS) is 10.2. The summed E-state index contributed by atoms with van der Waals surface area (Å²) >= 11 is 0. The van der Waals surface area contributed by atoms with Crippen molar-refractivity contribution >= 4 is 5.91 Å². The third-order valence-electron chi connectivity index (χ3n) is 3.75. The molecule has 1 amide bonds. The van der Waals surface area contributed by atoms with Gasteiger partial charge in [-0.1, -0.05) is 36.4 Å². The zero-order chi connectivity index (χ0) is 16.7. The smallest absolute Gasteiger partial charge is 0.227 e. The Balaban J connectivity index is 2.07. The van der Waals surface area contributed by atoms with E-state index in [0.29, 0.717) is 31.0 Å². The van der Waals surface area contributed by atoms with E-state index >= 15 is 0 Å². The zero-order valence-electron chi connectivity index (χ0n) is 13.9. The second-order valence-corrected chi connectivity index (χ2v) is 5.26. The maximum Gasteiger partial charge on any atom is 0.227 e. The van der Waals surface area contributed by atoms with E-state index in [2.05, 4.69) is 0 Å². The van der Waals surface area contributed by atoms with Crippen LogP contribution >= 0.6 is 0 Å². The molecule has 0 aromatic heterocycles. The molecule has 0 radical (unpaired) electrons. The van der Waals surface area contributed by atoms with Gasteiger partial charge in [0, 0.05) is 13.1 Å². The van der Waals surface area contributed by atoms with Gasteiger partial charge in [-0.05, 0) is 30.2 Å². The summed E-state index contributed by atoms with van der Waals surface area (Å²) in [5.41, 5.74) is 2.05. The van der Waals surface area contributed by atoms with Crippen LogP contribution in [0.5, 0.6) is 11.5 Å². The predicted octanol–water partition coefficient (Wildman–Crippen LogP) is 3.30. The number of benzene rings is 2. The number of likely N-dealkylation sites (N-methyl/N-ethyl adjacent to an activating group) is 1. The van der Waals surface area contributed by atoms with E-state index in [4.69, 9.17) is 9.47 Å². The lowest BCUT2D eigenvalue weighted by molar-refractivity contribution is -0.130. The number of amides is 1. The summed E-state index contributed by atoms with van der Waals surface area (Å²) in [5.74, 6) is 1.41. The minimum Gasteiger partial charge on any atom is -0.493 e. The molecular weight excluding hydrogens is 290 g/mol. The van der Waals surface area contributed by atoms with Gasteiger partial charge in [-0.2, -0.15) is 0 Å². The molecule has 0 atom stereocenters. The van der Waals surface area contributed by atoms with E-state index < -0.39 is 0 Å². The number of methoxy groups -OCH3 is 2. The number of carbonyl (C=O) groups is 1. The maximum atomic E-state index is 12.6. The Labute approximate surface area is 137 Å². The SMILES string of the molecule is CCN(Cc1ccccc1)C(=O)Cc1ccc(OC)c(OC)c1. The first-order valence-corrected chi connectivity index (χ1v) is 7.70. The molecule has 4 nitrogen and oxygen atoms in total. The van der Waals surface area contributed by atoms with Gasteiger partial charge in [0.15, 0.2) is 11.5 Å². The highest BCUT2D eigenvalue weighted by Gasteiger charge is 2.14. The molecular formula is C19H23NO3. The van der Waals surface area contributed by atoms with Crippen LogP contribution in [0.25, 0.3) is 0 Å². The summed E-state index contributed by atoms with van der Waals surface area (Å²) in [6.45, 7) is 3.31. The van der Waals surface area contributed by atoms with Gasteiger partial charge < -0.3 is 14.4 Å². The van der Waals surface area contributed by atoms with Gasteiger partial charge in [-0.15, -0.1) is 0 Å². The Morgan fingerprint density at radius 3 is 2.26 bits per heavy atom. The van der Waals surface area contributed by atoms with Gasteiger partial charge >= 0.3 is 0 Å². The van der Waals surface area contributed by atoms with Crippen molar-refractivity contribution in [3.05, 3.63) is 59.7 Å². The molecule has 0 heterocycles. The summed E-state index contributed by atoms with van der Waals surface area (Å²) in [6, 6.07) is 15.6. The quantitative estimate of drug-likeness (QED) is 0.787. The second kappa shape index (κ2) is 8.22. The summed E-state index contributed by atoms with van der Waals surface area (Å²) in [6.07, 6.45) is 0.348. The largest absolute Gasteiger partial charge is 0.493 e. The van der Waals surface area contributed by atoms with Crippen molar-refractivity contribution in [2.75, 3.05) is 20.8 Å². The number of ether oxygens (including phenoxy) is 2. The van der Waals surface area contributed by atoms with Crippen LogP contribution in [0.15, 0.2) is 48.5 Å². The molecule has 0 N–H and O–H groups in total. The highest BCUT2D eigenvalue weighted by Crippen LogP contribution is 2.27. The van der Waals surface area contributed by atoms with Crippen LogP contribution in [0.3, 0.4) is 0 Å². The fourth-order valence-corrected chi connectivity index (χ4v) is 2.46. The van der Waals surface area contributed by atoms with Gasteiger partial charge in [0.1, 0.15) is 0 Å². The molecule has 0 bridgehead atoms. The lowest BCUT2D eigenvalue weighted by atomic mass is 10.1. The van der Waals surface area contributed by atoms with Crippen LogP contribution in [0, 0.1) is 0 Å². The van der Waals surface area contributed by atoms with E-state index in [1.54, 1.807) is 14.2 Å². The maximum absolute atomic E-state index is 12.6. The molecule has 0 saturated heterocycles. The summed E-state index contributed by atoms with van der Waals surface area (Å²) < 4.78 is 10.5. The van der Waals surface area contributed by atoms with Crippen molar-refractivity contribution in [3.63, 3.8) is 0 Å². The van der Waals surface area contributed by atoms with Gasteiger partial charge in [0.25, 0.3) is 0 Å². The first kappa shape index (κ1) is 16.9. The average Bonchev–Trinajstić information content (AvgIpc) is 2.60. The number of hydrogen-bond acceptors (Lipinski definition) is 3. The van der Waals surface area contributed by atoms with E-state index in [1.165, 1.54) is 0 Å². The molecule has 0 spiro atoms. The van der Waals surface area contributed by atoms with Crippen LogP contribution in [0.1, 0.15) is 18.1 Å². The standard InChI is InChI=1S/C19H23NO3/c1-4-20(14-15-8-6-5-7-9-15)19(21)13-16-10-11-17(22-2)18(12-16)23-3/h5-12H,4,13-14H2,1-3H3. The highest BCUT2D eigenvalue weighted by atomic mass is 16.5. The molecule has 23 heavy (non-hydrogen) atoms. The molecule has 0 unspecified atom stereocenters. The summed E-state index contributed by atoms with van der Waals surface area (Å²) in [4.78, 5) is 14.4. The predicted molar refractivity (Wildman–Crippen MR) is 90.8 cm³/mol. The van der Waals surface area contributed by atoms with Gasteiger partial charge in [0.2, 0.25) is 5.91 Å². The lowest BCUT2D eigenvalue weighted by Crippen LogP contribution is -2.31. The lowest BCUT2D eigenvalue weighted by Gasteiger charge is -2.21. The molecule has 2 aromatic carbocycles. The number of carbonyl (C=O) groups excluding carboxylic acids is 1. The molecule has 0 aliphatic carbocycles. The Bertz CT molecular complexity index is 640. The number of rotatable bonds is 7. The monoisotopic (exact) mass is 313 g/mol. The van der Waals surface area contributed by atoms with E-state index in [-0.39, 0.29) is 5.91 Å². The van der Waals surface area contributed by atoms with E-state index in [0.717, 1.165) is 11.1 Å². The Kier molecular flexibility index (Phi) is 6.03. The molecule has 0 aliphatic rings. The summed E-state index contributed by atoms with van der Waals surface area (Å²) in [5, 5.41) is 0. The zero-order valence-corrected chi connectivity index (χ0v) is 13.9. The molecule has 122 valence electrons. The van der Waals surface area contributed by atoms with Crippen LogP contribution in [-0.2, 0) is 17.8 Å². The Hall–Kier alpha value is -2.49. The van der Waals surface area contributed by atoms with Crippen molar-refractivity contribution in [2.24, 2.45) is 0 Å². The number of nitrogens with zero attached hydrogens (tertiary/aromatic N) is 1. The first-order valence-electron chi connectivity index (χ1n) is 7.70. The van der Waals surface area contributed by atoms with Gasteiger partial charge in [-0.3, -0.25) is 4.79 Å². The number of hydrogen-bond donors (Lipinski definition) is 0. The van der Waals surface area contributed by atoms with Gasteiger partial charge in [0.05, 0.1) is 20.6 Å². The van der Waals surface area contributed by atoms with Crippen molar-refractivity contribution in [1.29, 1.82) is 0 Å². The molecule has 0 fully saturated rings. The van der Waals surface area contributed by atoms with Crippen LogP contribution < -0.4 is 9.47 Å². The van der Waals surface area contributed by atoms with E-state index in [1.807, 2.05) is 60.4 Å². The molecule has 4 heteroatoms. The first-order chi connectivity index (χ1) is 11.2. The highest BCUT2D eigenvalue weighted by molar-refractivity contribution is 5.79. The fraction of sp³-hybridized carbons (Fsp3) is 0.316. The molecule has 2 rings (SSSR count). The van der Waals surface area contributed by atoms with Crippen LogP contribution in [0.4, 0.5) is 0 Å².